The van der Waals surface area contributed by atoms with Crippen LogP contribution in [-0.4, -0.2) is 42.5 Å². The van der Waals surface area contributed by atoms with Gasteiger partial charge in [0.15, 0.2) is 0 Å². The van der Waals surface area contributed by atoms with Gasteiger partial charge < -0.3 is 19.9 Å². The molecule has 6 heteroatoms. The molecular weight excluding hydrogens is 382 g/mol. The third kappa shape index (κ3) is 3.06. The third-order valence-electron chi connectivity index (χ3n) is 7.00. The molecule has 0 bridgehead atoms. The Morgan fingerprint density at radius 2 is 1.57 bits per heavy atom. The Kier molecular flexibility index (Phi) is 4.54. The second kappa shape index (κ2) is 7.13. The number of carbonyl (C=O) groups excluding carboxylic acids is 1. The molecule has 1 spiro atoms. The number of carbonyl (C=O) groups is 2. The number of alkyl carbamates (subject to hydrolysis) is 1. The van der Waals surface area contributed by atoms with E-state index in [2.05, 4.69) is 29.6 Å². The van der Waals surface area contributed by atoms with Gasteiger partial charge in [0.25, 0.3) is 0 Å². The Morgan fingerprint density at radius 1 is 1.00 bits per heavy atom. The monoisotopic (exact) mass is 407 g/mol. The molecule has 1 saturated heterocycles. The Hall–Kier alpha value is -2.86. The summed E-state index contributed by atoms with van der Waals surface area (Å²) in [6.45, 7) is 1.48. The number of fused-ring (bicyclic) bond motifs is 3. The van der Waals surface area contributed by atoms with Crippen LogP contribution in [0.15, 0.2) is 48.5 Å². The molecule has 0 atom stereocenters. The minimum atomic E-state index is -1.24. The topological polar surface area (TPSA) is 84.9 Å². The molecule has 2 aromatic carbocycles. The number of carboxylic acids is 1. The van der Waals surface area contributed by atoms with Crippen LogP contribution in [0, 0.1) is 5.41 Å². The largest absolute Gasteiger partial charge is 0.480 e. The zero-order chi connectivity index (χ0) is 20.8. The van der Waals surface area contributed by atoms with Crippen LogP contribution in [0.25, 0.3) is 11.1 Å². The molecule has 3 aliphatic rings. The fourth-order valence-electron chi connectivity index (χ4n) is 5.51. The zero-order valence-corrected chi connectivity index (χ0v) is 16.7. The van der Waals surface area contributed by atoms with Crippen LogP contribution >= 0.6 is 0 Å². The highest BCUT2D eigenvalue weighted by Gasteiger charge is 2.60. The number of carboxylic acid groups (broad SMARTS) is 1. The average Bonchev–Trinajstić information content (AvgIpc) is 3.05. The SMILES string of the molecule is O=C(NC1(C(=O)O)CC2(CCOCC2)C1)OCC1c2ccccc2-c2ccccc21. The van der Waals surface area contributed by atoms with Gasteiger partial charge in [-0.3, -0.25) is 0 Å². The van der Waals surface area contributed by atoms with Gasteiger partial charge in [0.05, 0.1) is 0 Å². The van der Waals surface area contributed by atoms with Crippen molar-refractivity contribution in [2.75, 3.05) is 19.8 Å². The van der Waals surface area contributed by atoms with E-state index >= 15 is 0 Å². The molecular formula is C24H25NO5. The fraction of sp³-hybridized carbons (Fsp3) is 0.417. The summed E-state index contributed by atoms with van der Waals surface area (Å²) >= 11 is 0. The van der Waals surface area contributed by atoms with Gasteiger partial charge in [-0.25, -0.2) is 9.59 Å². The summed E-state index contributed by atoms with van der Waals surface area (Å²) in [7, 11) is 0. The number of aliphatic carboxylic acids is 1. The number of hydrogen-bond donors (Lipinski definition) is 2. The average molecular weight is 407 g/mol. The van der Waals surface area contributed by atoms with Gasteiger partial charge in [-0.1, -0.05) is 48.5 Å². The predicted octanol–water partition coefficient (Wildman–Crippen LogP) is 3.94. The number of benzene rings is 2. The van der Waals surface area contributed by atoms with E-state index in [1.165, 1.54) is 0 Å². The van der Waals surface area contributed by atoms with Crippen molar-refractivity contribution < 1.29 is 24.2 Å². The van der Waals surface area contributed by atoms with Gasteiger partial charge in [0, 0.05) is 19.1 Å². The molecule has 6 nitrogen and oxygen atoms in total. The van der Waals surface area contributed by atoms with E-state index in [4.69, 9.17) is 9.47 Å². The lowest BCUT2D eigenvalue weighted by atomic mass is 9.54. The Morgan fingerprint density at radius 3 is 2.13 bits per heavy atom. The van der Waals surface area contributed by atoms with Gasteiger partial charge in [0.2, 0.25) is 0 Å². The van der Waals surface area contributed by atoms with Crippen LogP contribution in [-0.2, 0) is 14.3 Å². The van der Waals surface area contributed by atoms with Crippen molar-refractivity contribution in [3.8, 4) is 11.1 Å². The molecule has 0 radical (unpaired) electrons. The summed E-state index contributed by atoms with van der Waals surface area (Å²) in [6, 6.07) is 16.3. The van der Waals surface area contributed by atoms with E-state index in [1.807, 2.05) is 24.3 Å². The minimum absolute atomic E-state index is 0.0345. The molecule has 1 amide bonds. The predicted molar refractivity (Wildman–Crippen MR) is 110 cm³/mol. The van der Waals surface area contributed by atoms with Crippen LogP contribution in [0.2, 0.25) is 0 Å². The highest BCUT2D eigenvalue weighted by molar-refractivity contribution is 5.86. The van der Waals surface area contributed by atoms with E-state index in [-0.39, 0.29) is 17.9 Å². The first-order valence-electron chi connectivity index (χ1n) is 10.5. The molecule has 1 heterocycles. The van der Waals surface area contributed by atoms with Gasteiger partial charge in [-0.15, -0.1) is 0 Å². The number of ether oxygens (including phenoxy) is 2. The molecule has 1 saturated carbocycles. The maximum absolute atomic E-state index is 12.6. The molecule has 0 aromatic heterocycles. The lowest BCUT2D eigenvalue weighted by Crippen LogP contribution is -2.67. The van der Waals surface area contributed by atoms with Gasteiger partial charge in [0.1, 0.15) is 12.1 Å². The molecule has 5 rings (SSSR count). The van der Waals surface area contributed by atoms with Crippen molar-refractivity contribution in [3.63, 3.8) is 0 Å². The summed E-state index contributed by atoms with van der Waals surface area (Å²) in [5.41, 5.74) is 3.30. The van der Waals surface area contributed by atoms with Crippen LogP contribution in [0.3, 0.4) is 0 Å². The van der Waals surface area contributed by atoms with E-state index in [9.17, 15) is 14.7 Å². The summed E-state index contributed by atoms with van der Waals surface area (Å²) < 4.78 is 11.0. The number of rotatable bonds is 4. The highest BCUT2D eigenvalue weighted by atomic mass is 16.5. The quantitative estimate of drug-likeness (QED) is 0.802. The maximum atomic E-state index is 12.6. The summed E-state index contributed by atoms with van der Waals surface area (Å²) in [5, 5.41) is 12.5. The van der Waals surface area contributed by atoms with Crippen LogP contribution in [0.1, 0.15) is 42.7 Å². The Labute approximate surface area is 175 Å². The summed E-state index contributed by atoms with van der Waals surface area (Å²) in [5.74, 6) is -1.04. The lowest BCUT2D eigenvalue weighted by molar-refractivity contribution is -0.162. The maximum Gasteiger partial charge on any atom is 0.408 e. The number of amides is 1. The molecule has 30 heavy (non-hydrogen) atoms. The van der Waals surface area contributed by atoms with Gasteiger partial charge in [-0.2, -0.15) is 0 Å². The minimum Gasteiger partial charge on any atom is -0.480 e. The van der Waals surface area contributed by atoms with Crippen molar-refractivity contribution in [2.45, 2.75) is 37.1 Å². The first-order valence-corrected chi connectivity index (χ1v) is 10.5. The third-order valence-corrected chi connectivity index (χ3v) is 7.00. The summed E-state index contributed by atoms with van der Waals surface area (Å²) in [4.78, 5) is 24.5. The van der Waals surface area contributed by atoms with Crippen molar-refractivity contribution in [1.29, 1.82) is 0 Å². The summed E-state index contributed by atoms with van der Waals surface area (Å²) in [6.07, 6.45) is 1.88. The smallest absolute Gasteiger partial charge is 0.408 e. The van der Waals surface area contributed by atoms with Crippen LogP contribution < -0.4 is 5.32 Å². The van der Waals surface area contributed by atoms with E-state index in [1.54, 1.807) is 0 Å². The first kappa shape index (κ1) is 19.1. The van der Waals surface area contributed by atoms with Crippen molar-refractivity contribution in [3.05, 3.63) is 59.7 Å². The molecule has 2 aliphatic carbocycles. The molecule has 0 unspecified atom stereocenters. The van der Waals surface area contributed by atoms with Gasteiger partial charge >= 0.3 is 12.1 Å². The van der Waals surface area contributed by atoms with E-state index < -0.39 is 17.6 Å². The molecule has 1 aliphatic heterocycles. The highest BCUT2D eigenvalue weighted by Crippen LogP contribution is 2.54. The van der Waals surface area contributed by atoms with Gasteiger partial charge in [-0.05, 0) is 53.4 Å². The number of hydrogen-bond acceptors (Lipinski definition) is 4. The molecule has 2 fully saturated rings. The second-order valence-corrected chi connectivity index (χ2v) is 8.80. The normalized spacial score (nSPS) is 20.7. The van der Waals surface area contributed by atoms with E-state index in [0.29, 0.717) is 26.1 Å². The first-order chi connectivity index (χ1) is 14.5. The molecule has 2 aromatic rings. The van der Waals surface area contributed by atoms with Crippen LogP contribution in [0.5, 0.6) is 0 Å². The van der Waals surface area contributed by atoms with E-state index in [0.717, 1.165) is 35.1 Å². The van der Waals surface area contributed by atoms with Crippen molar-refractivity contribution in [1.82, 2.24) is 5.32 Å². The lowest BCUT2D eigenvalue weighted by Gasteiger charge is -2.55. The second-order valence-electron chi connectivity index (χ2n) is 8.80. The van der Waals surface area contributed by atoms with Crippen molar-refractivity contribution >= 4 is 12.1 Å². The Balaban J connectivity index is 1.27. The fourth-order valence-corrected chi connectivity index (χ4v) is 5.51. The number of nitrogens with one attached hydrogen (secondary N) is 1. The molecule has 156 valence electrons. The van der Waals surface area contributed by atoms with Crippen LogP contribution in [0.4, 0.5) is 4.79 Å². The zero-order valence-electron chi connectivity index (χ0n) is 16.7. The molecule has 2 N–H and O–H groups in total. The Bertz CT molecular complexity index is 941. The van der Waals surface area contributed by atoms with Crippen molar-refractivity contribution in [2.24, 2.45) is 5.41 Å². The standard InChI is InChI=1S/C24H25NO5/c26-21(27)24(14-23(15-24)9-11-29-12-10-23)25-22(28)30-13-20-18-7-3-1-5-16(18)17-6-2-4-8-19(17)20/h1-8,20H,9-15H2,(H,25,28)(H,26,27).